The average molecular weight is 507 g/mol. The Bertz CT molecular complexity index is 1200. The maximum Gasteiger partial charge on any atom is 0.322 e. The monoisotopic (exact) mass is 506 g/mol. The van der Waals surface area contributed by atoms with Gasteiger partial charge < -0.3 is 15.5 Å². The lowest BCUT2D eigenvalue weighted by Gasteiger charge is -2.33. The molecule has 2 aliphatic heterocycles. The molecule has 0 radical (unpaired) electrons. The van der Waals surface area contributed by atoms with Gasteiger partial charge in [0.2, 0.25) is 5.91 Å². The molecule has 2 atom stereocenters. The van der Waals surface area contributed by atoms with Crippen LogP contribution in [-0.2, 0) is 16.0 Å². The van der Waals surface area contributed by atoms with Crippen molar-refractivity contribution >= 4 is 29.4 Å². The molecule has 8 heteroatoms. The van der Waals surface area contributed by atoms with E-state index >= 15 is 0 Å². The summed E-state index contributed by atoms with van der Waals surface area (Å²) in [6.45, 7) is 9.88. The Kier molecular flexibility index (Phi) is 7.22. The first kappa shape index (κ1) is 25.5. The Morgan fingerprint density at radius 3 is 2.44 bits per heavy atom. The first-order valence-corrected chi connectivity index (χ1v) is 12.3. The SMILES string of the molecule is C=CCN1C(=O)N[C@H](c2ccc(Cl)cc2)C2=C1CN([C@@H](Cc1ccccc1)C(=O)NC(C)(C)C)C2=O. The number of hydrogen-bond acceptors (Lipinski definition) is 3. The summed E-state index contributed by atoms with van der Waals surface area (Å²) < 4.78 is 0. The molecule has 0 bridgehead atoms. The predicted octanol–water partition coefficient (Wildman–Crippen LogP) is 4.21. The zero-order chi connectivity index (χ0) is 26.0. The molecular weight excluding hydrogens is 476 g/mol. The first-order chi connectivity index (χ1) is 17.1. The number of amides is 4. The van der Waals surface area contributed by atoms with Crippen molar-refractivity contribution < 1.29 is 14.4 Å². The molecule has 2 aromatic carbocycles. The van der Waals surface area contributed by atoms with Crippen molar-refractivity contribution in [2.75, 3.05) is 13.1 Å². The fraction of sp³-hybridized carbons (Fsp3) is 0.321. The van der Waals surface area contributed by atoms with E-state index in [9.17, 15) is 14.4 Å². The van der Waals surface area contributed by atoms with Crippen LogP contribution in [0.4, 0.5) is 4.79 Å². The molecule has 0 spiro atoms. The second-order valence-corrected chi connectivity index (χ2v) is 10.5. The highest BCUT2D eigenvalue weighted by Gasteiger charge is 2.47. The molecule has 0 unspecified atom stereocenters. The van der Waals surface area contributed by atoms with Gasteiger partial charge in [0.05, 0.1) is 23.9 Å². The second kappa shape index (κ2) is 10.2. The number of urea groups is 1. The van der Waals surface area contributed by atoms with Crippen LogP contribution < -0.4 is 10.6 Å². The normalized spacial score (nSPS) is 18.6. The fourth-order valence-corrected chi connectivity index (χ4v) is 4.75. The van der Waals surface area contributed by atoms with Gasteiger partial charge >= 0.3 is 6.03 Å². The summed E-state index contributed by atoms with van der Waals surface area (Å²) in [5, 5.41) is 6.55. The lowest BCUT2D eigenvalue weighted by Crippen LogP contribution is -2.54. The van der Waals surface area contributed by atoms with E-state index in [-0.39, 0.29) is 30.9 Å². The van der Waals surface area contributed by atoms with E-state index in [0.29, 0.717) is 22.7 Å². The molecule has 0 aromatic heterocycles. The van der Waals surface area contributed by atoms with Crippen LogP contribution >= 0.6 is 11.6 Å². The summed E-state index contributed by atoms with van der Waals surface area (Å²) in [6.07, 6.45) is 1.97. The molecule has 2 N–H and O–H groups in total. The van der Waals surface area contributed by atoms with E-state index in [4.69, 9.17) is 11.6 Å². The largest absolute Gasteiger partial charge is 0.350 e. The second-order valence-electron chi connectivity index (χ2n) is 10.1. The first-order valence-electron chi connectivity index (χ1n) is 11.9. The van der Waals surface area contributed by atoms with Crippen molar-refractivity contribution in [3.05, 3.63) is 94.7 Å². The molecule has 4 rings (SSSR count). The van der Waals surface area contributed by atoms with E-state index in [0.717, 1.165) is 11.1 Å². The molecular formula is C28H31ClN4O3. The van der Waals surface area contributed by atoms with Crippen molar-refractivity contribution in [1.29, 1.82) is 0 Å². The Hall–Kier alpha value is -3.58. The summed E-state index contributed by atoms with van der Waals surface area (Å²) >= 11 is 6.07. The van der Waals surface area contributed by atoms with Gasteiger partial charge in [0, 0.05) is 23.5 Å². The molecule has 2 aliphatic rings. The van der Waals surface area contributed by atoms with Gasteiger partial charge in [-0.05, 0) is 44.0 Å². The van der Waals surface area contributed by atoms with E-state index in [1.807, 2.05) is 51.1 Å². The van der Waals surface area contributed by atoms with Crippen LogP contribution in [0.25, 0.3) is 0 Å². The smallest absolute Gasteiger partial charge is 0.322 e. The standard InChI is InChI=1S/C28H31ClN4O3/c1-5-15-32-22-17-33(21(25(34)31-28(2,3)4)16-18-9-7-6-8-10-18)26(35)23(22)24(30-27(32)36)19-11-13-20(29)14-12-19/h5-14,21,24H,1,15-17H2,2-4H3,(H,30,36)(H,31,34)/t21-,24+/m0/s1. The highest BCUT2D eigenvalue weighted by molar-refractivity contribution is 6.30. The highest BCUT2D eigenvalue weighted by Crippen LogP contribution is 2.37. The van der Waals surface area contributed by atoms with Crippen LogP contribution in [-0.4, -0.2) is 52.3 Å². The summed E-state index contributed by atoms with van der Waals surface area (Å²) in [6, 6.07) is 14.9. The number of nitrogens with zero attached hydrogens (tertiary/aromatic N) is 2. The number of hydrogen-bond donors (Lipinski definition) is 2. The van der Waals surface area contributed by atoms with Crippen LogP contribution in [0, 0.1) is 0 Å². The highest BCUT2D eigenvalue weighted by atomic mass is 35.5. The summed E-state index contributed by atoms with van der Waals surface area (Å²) in [5.74, 6) is -0.513. The minimum Gasteiger partial charge on any atom is -0.350 e. The number of carbonyl (C=O) groups is 3. The van der Waals surface area contributed by atoms with Gasteiger partial charge in [-0.25, -0.2) is 4.79 Å². The van der Waals surface area contributed by atoms with Crippen molar-refractivity contribution in [2.45, 2.75) is 44.8 Å². The molecule has 4 amide bonds. The number of nitrogens with one attached hydrogen (secondary N) is 2. The lowest BCUT2D eigenvalue weighted by atomic mass is 9.95. The third-order valence-corrected chi connectivity index (χ3v) is 6.47. The lowest BCUT2D eigenvalue weighted by molar-refractivity contribution is -0.137. The van der Waals surface area contributed by atoms with E-state index in [2.05, 4.69) is 17.2 Å². The van der Waals surface area contributed by atoms with E-state index in [1.54, 1.807) is 35.2 Å². The quantitative estimate of drug-likeness (QED) is 0.552. The number of benzene rings is 2. The van der Waals surface area contributed by atoms with Gasteiger partial charge in [0.15, 0.2) is 0 Å². The minimum absolute atomic E-state index is 0.147. The Morgan fingerprint density at radius 2 is 1.83 bits per heavy atom. The van der Waals surface area contributed by atoms with Crippen molar-refractivity contribution in [3.8, 4) is 0 Å². The van der Waals surface area contributed by atoms with Crippen LogP contribution in [0.3, 0.4) is 0 Å². The molecule has 0 saturated carbocycles. The number of halogens is 1. The van der Waals surface area contributed by atoms with E-state index < -0.39 is 17.6 Å². The third-order valence-electron chi connectivity index (χ3n) is 6.21. The van der Waals surface area contributed by atoms with Crippen molar-refractivity contribution in [2.24, 2.45) is 0 Å². The van der Waals surface area contributed by atoms with Gasteiger partial charge in [0.1, 0.15) is 6.04 Å². The van der Waals surface area contributed by atoms with E-state index in [1.165, 1.54) is 4.90 Å². The molecule has 36 heavy (non-hydrogen) atoms. The van der Waals surface area contributed by atoms with Gasteiger partial charge in [-0.3, -0.25) is 14.5 Å². The summed E-state index contributed by atoms with van der Waals surface area (Å²) in [7, 11) is 0. The topological polar surface area (TPSA) is 81.8 Å². The van der Waals surface area contributed by atoms with Crippen LogP contribution in [0.2, 0.25) is 5.02 Å². The zero-order valence-corrected chi connectivity index (χ0v) is 21.5. The van der Waals surface area contributed by atoms with Crippen LogP contribution in [0.15, 0.2) is 78.5 Å². The van der Waals surface area contributed by atoms with Gasteiger partial charge in [-0.2, -0.15) is 0 Å². The van der Waals surface area contributed by atoms with Crippen LogP contribution in [0.5, 0.6) is 0 Å². The molecule has 0 fully saturated rings. The Labute approximate surface area is 216 Å². The van der Waals surface area contributed by atoms with Crippen molar-refractivity contribution in [1.82, 2.24) is 20.4 Å². The molecule has 2 aromatic rings. The minimum atomic E-state index is -0.753. The molecule has 2 heterocycles. The fourth-order valence-electron chi connectivity index (χ4n) is 4.63. The number of carbonyl (C=O) groups excluding carboxylic acids is 3. The molecule has 7 nitrogen and oxygen atoms in total. The summed E-state index contributed by atoms with van der Waals surface area (Å²) in [4.78, 5) is 43.7. The molecule has 0 aliphatic carbocycles. The van der Waals surface area contributed by atoms with Gasteiger partial charge in [-0.15, -0.1) is 6.58 Å². The maximum atomic E-state index is 14.0. The third kappa shape index (κ3) is 5.31. The molecule has 0 saturated heterocycles. The predicted molar refractivity (Wildman–Crippen MR) is 140 cm³/mol. The van der Waals surface area contributed by atoms with Gasteiger partial charge in [-0.1, -0.05) is 60.1 Å². The van der Waals surface area contributed by atoms with Crippen LogP contribution in [0.1, 0.15) is 37.9 Å². The number of rotatable bonds is 7. The molecule has 188 valence electrons. The maximum absolute atomic E-state index is 14.0. The Balaban J connectivity index is 1.74. The summed E-state index contributed by atoms with van der Waals surface area (Å²) in [5.41, 5.74) is 2.26. The zero-order valence-electron chi connectivity index (χ0n) is 20.8. The average Bonchev–Trinajstić information content (AvgIpc) is 3.16. The Morgan fingerprint density at radius 1 is 1.17 bits per heavy atom. The van der Waals surface area contributed by atoms with Crippen molar-refractivity contribution in [3.63, 3.8) is 0 Å². The van der Waals surface area contributed by atoms with Gasteiger partial charge in [0.25, 0.3) is 5.91 Å².